The molecule has 0 aliphatic heterocycles. The van der Waals surface area contributed by atoms with E-state index in [1.807, 2.05) is 20.8 Å². The summed E-state index contributed by atoms with van der Waals surface area (Å²) in [7, 11) is 0. The average Bonchev–Trinajstić information content (AvgIpc) is 3.10. The summed E-state index contributed by atoms with van der Waals surface area (Å²) in [6, 6.07) is 3.12. The number of hydrogen-bond donors (Lipinski definition) is 2. The summed E-state index contributed by atoms with van der Waals surface area (Å²) in [4.78, 5) is 24.5. The van der Waals surface area contributed by atoms with Gasteiger partial charge in [0.2, 0.25) is 0 Å². The summed E-state index contributed by atoms with van der Waals surface area (Å²) >= 11 is 0. The van der Waals surface area contributed by atoms with Crippen molar-refractivity contribution in [3.8, 4) is 0 Å². The standard InChI is InChI=1S/C18H24N2O4/c1-11-6-13(9-23-11)16(21)19-8-15(18(3,4)5)20-17(22)14-7-12(2)24-10-14/h6-7,9-10,15H,8H2,1-5H3,(H,19,21)(H,20,22)/t15-/m1/s1. The third kappa shape index (κ3) is 4.50. The highest BCUT2D eigenvalue weighted by Crippen LogP contribution is 2.20. The molecule has 0 radical (unpaired) electrons. The molecule has 0 aromatic carbocycles. The molecule has 0 saturated carbocycles. The van der Waals surface area contributed by atoms with Gasteiger partial charge in [-0.25, -0.2) is 0 Å². The van der Waals surface area contributed by atoms with E-state index in [1.54, 1.807) is 26.0 Å². The normalized spacial score (nSPS) is 12.7. The summed E-state index contributed by atoms with van der Waals surface area (Å²) in [6.45, 7) is 9.90. The lowest BCUT2D eigenvalue weighted by Gasteiger charge is -2.31. The highest BCUT2D eigenvalue weighted by molar-refractivity contribution is 5.95. The average molecular weight is 332 g/mol. The zero-order valence-corrected chi connectivity index (χ0v) is 14.7. The molecule has 24 heavy (non-hydrogen) atoms. The van der Waals surface area contributed by atoms with E-state index in [0.29, 0.717) is 29.2 Å². The van der Waals surface area contributed by atoms with Gasteiger partial charge < -0.3 is 19.5 Å². The van der Waals surface area contributed by atoms with Gasteiger partial charge in [-0.3, -0.25) is 9.59 Å². The van der Waals surface area contributed by atoms with Gasteiger partial charge in [-0.1, -0.05) is 20.8 Å². The Balaban J connectivity index is 2.01. The van der Waals surface area contributed by atoms with Crippen LogP contribution in [0.2, 0.25) is 0 Å². The van der Waals surface area contributed by atoms with E-state index in [9.17, 15) is 9.59 Å². The minimum absolute atomic E-state index is 0.222. The largest absolute Gasteiger partial charge is 0.469 e. The molecule has 1 atom stereocenters. The quantitative estimate of drug-likeness (QED) is 0.881. The van der Waals surface area contributed by atoms with Gasteiger partial charge in [-0.2, -0.15) is 0 Å². The Morgan fingerprint density at radius 1 is 1.00 bits per heavy atom. The third-order valence-electron chi connectivity index (χ3n) is 3.80. The lowest BCUT2D eigenvalue weighted by molar-refractivity contribution is 0.0871. The van der Waals surface area contributed by atoms with Gasteiger partial charge in [-0.05, 0) is 31.4 Å². The highest BCUT2D eigenvalue weighted by Gasteiger charge is 2.27. The second-order valence-corrected chi connectivity index (χ2v) is 6.99. The molecular formula is C18H24N2O4. The zero-order valence-electron chi connectivity index (χ0n) is 14.7. The summed E-state index contributed by atoms with van der Waals surface area (Å²) < 4.78 is 10.3. The van der Waals surface area contributed by atoms with Crippen molar-refractivity contribution in [2.24, 2.45) is 5.41 Å². The predicted molar refractivity (Wildman–Crippen MR) is 89.9 cm³/mol. The van der Waals surface area contributed by atoms with E-state index in [1.165, 1.54) is 12.5 Å². The minimum Gasteiger partial charge on any atom is -0.469 e. The van der Waals surface area contributed by atoms with Crippen LogP contribution >= 0.6 is 0 Å². The van der Waals surface area contributed by atoms with Crippen LogP contribution in [0, 0.1) is 19.3 Å². The molecule has 0 fully saturated rings. The molecule has 2 heterocycles. The van der Waals surface area contributed by atoms with Crippen molar-refractivity contribution < 1.29 is 18.4 Å². The molecule has 0 aliphatic carbocycles. The second kappa shape index (κ2) is 6.95. The van der Waals surface area contributed by atoms with Gasteiger partial charge >= 0.3 is 0 Å². The topological polar surface area (TPSA) is 84.5 Å². The van der Waals surface area contributed by atoms with E-state index >= 15 is 0 Å². The SMILES string of the molecule is Cc1cc(C(=O)NC[C@@H](NC(=O)c2coc(C)c2)C(C)(C)C)co1. The molecule has 2 aromatic rings. The van der Waals surface area contributed by atoms with Gasteiger partial charge in [0, 0.05) is 6.54 Å². The Morgan fingerprint density at radius 3 is 1.92 bits per heavy atom. The molecule has 2 aromatic heterocycles. The van der Waals surface area contributed by atoms with E-state index < -0.39 is 0 Å². The van der Waals surface area contributed by atoms with Crippen LogP contribution in [0.25, 0.3) is 0 Å². The van der Waals surface area contributed by atoms with Crippen LogP contribution in [-0.2, 0) is 0 Å². The molecule has 0 aliphatic rings. The molecule has 0 unspecified atom stereocenters. The highest BCUT2D eigenvalue weighted by atomic mass is 16.3. The van der Waals surface area contributed by atoms with E-state index in [-0.39, 0.29) is 23.3 Å². The van der Waals surface area contributed by atoms with Crippen molar-refractivity contribution in [1.82, 2.24) is 10.6 Å². The molecule has 6 heteroatoms. The first-order valence-electron chi connectivity index (χ1n) is 7.86. The maximum absolute atomic E-state index is 12.3. The van der Waals surface area contributed by atoms with Crippen LogP contribution in [0.1, 0.15) is 53.0 Å². The van der Waals surface area contributed by atoms with Gasteiger partial charge in [0.1, 0.15) is 24.0 Å². The first-order chi connectivity index (χ1) is 11.2. The Hall–Kier alpha value is -2.50. The number of nitrogens with one attached hydrogen (secondary N) is 2. The third-order valence-corrected chi connectivity index (χ3v) is 3.80. The molecule has 0 bridgehead atoms. The first kappa shape index (κ1) is 17.8. The summed E-state index contributed by atoms with van der Waals surface area (Å²) in [5, 5.41) is 5.81. The maximum atomic E-state index is 12.3. The molecule has 2 rings (SSSR count). The van der Waals surface area contributed by atoms with Crippen molar-refractivity contribution in [3.05, 3.63) is 47.3 Å². The van der Waals surface area contributed by atoms with Crippen molar-refractivity contribution >= 4 is 11.8 Å². The molecule has 130 valence electrons. The molecule has 0 spiro atoms. The fourth-order valence-electron chi connectivity index (χ4n) is 2.24. The number of amides is 2. The predicted octanol–water partition coefficient (Wildman–Crippen LogP) is 3.06. The molecule has 2 N–H and O–H groups in total. The van der Waals surface area contributed by atoms with Crippen LogP contribution in [0.3, 0.4) is 0 Å². The van der Waals surface area contributed by atoms with Crippen molar-refractivity contribution in [3.63, 3.8) is 0 Å². The molecule has 6 nitrogen and oxygen atoms in total. The second-order valence-electron chi connectivity index (χ2n) is 6.99. The van der Waals surface area contributed by atoms with Crippen LogP contribution in [0.5, 0.6) is 0 Å². The van der Waals surface area contributed by atoms with Crippen LogP contribution in [0.15, 0.2) is 33.5 Å². The Bertz CT molecular complexity index is 721. The first-order valence-corrected chi connectivity index (χ1v) is 7.86. The van der Waals surface area contributed by atoms with Crippen LogP contribution < -0.4 is 10.6 Å². The monoisotopic (exact) mass is 332 g/mol. The van der Waals surface area contributed by atoms with Crippen molar-refractivity contribution in [1.29, 1.82) is 0 Å². The van der Waals surface area contributed by atoms with E-state index in [0.717, 1.165) is 0 Å². The number of aryl methyl sites for hydroxylation is 2. The molecule has 0 saturated heterocycles. The number of carbonyl (C=O) groups is 2. The van der Waals surface area contributed by atoms with Crippen molar-refractivity contribution in [2.45, 2.75) is 40.7 Å². The summed E-state index contributed by atoms with van der Waals surface area (Å²) in [5.74, 6) is 0.905. The maximum Gasteiger partial charge on any atom is 0.254 e. The summed E-state index contributed by atoms with van der Waals surface area (Å²) in [5.41, 5.74) is 0.712. The Morgan fingerprint density at radius 2 is 1.50 bits per heavy atom. The van der Waals surface area contributed by atoms with Gasteiger partial charge in [0.05, 0.1) is 17.2 Å². The van der Waals surface area contributed by atoms with Crippen molar-refractivity contribution in [2.75, 3.05) is 6.54 Å². The number of furan rings is 2. The summed E-state index contributed by atoms with van der Waals surface area (Å²) in [6.07, 6.45) is 2.85. The van der Waals surface area contributed by atoms with Gasteiger partial charge in [0.15, 0.2) is 0 Å². The molecular weight excluding hydrogens is 308 g/mol. The number of carbonyl (C=O) groups excluding carboxylic acids is 2. The zero-order chi connectivity index (χ0) is 17.9. The number of rotatable bonds is 5. The van der Waals surface area contributed by atoms with Crippen LogP contribution in [-0.4, -0.2) is 24.4 Å². The van der Waals surface area contributed by atoms with Gasteiger partial charge in [0.25, 0.3) is 11.8 Å². The van der Waals surface area contributed by atoms with E-state index in [4.69, 9.17) is 8.83 Å². The molecule has 2 amide bonds. The van der Waals surface area contributed by atoms with E-state index in [2.05, 4.69) is 10.6 Å². The lowest BCUT2D eigenvalue weighted by atomic mass is 9.86. The van der Waals surface area contributed by atoms with Gasteiger partial charge in [-0.15, -0.1) is 0 Å². The Kier molecular flexibility index (Phi) is 5.17. The fourth-order valence-corrected chi connectivity index (χ4v) is 2.24. The Labute approximate surface area is 141 Å². The minimum atomic E-state index is -0.239. The fraction of sp³-hybridized carbons (Fsp3) is 0.444. The lowest BCUT2D eigenvalue weighted by Crippen LogP contribution is -2.50. The van der Waals surface area contributed by atoms with Crippen LogP contribution in [0.4, 0.5) is 0 Å². The smallest absolute Gasteiger partial charge is 0.254 e. The number of hydrogen-bond acceptors (Lipinski definition) is 4.